The van der Waals surface area contributed by atoms with Crippen molar-refractivity contribution in [1.82, 2.24) is 10.2 Å². The Balaban J connectivity index is 2.08. The lowest BCUT2D eigenvalue weighted by molar-refractivity contribution is -0.139. The summed E-state index contributed by atoms with van der Waals surface area (Å²) < 4.78 is 29.1. The molecule has 3 aromatic rings. The van der Waals surface area contributed by atoms with Gasteiger partial charge in [-0.25, -0.2) is 8.42 Å². The molecule has 10 heteroatoms. The fourth-order valence-corrected chi connectivity index (χ4v) is 6.22. The smallest absolute Gasteiger partial charge is 0.264 e. The Morgan fingerprint density at radius 2 is 1.45 bits per heavy atom. The number of rotatable bonds is 12. The maximum absolute atomic E-state index is 14.1. The molecule has 0 spiro atoms. The number of aryl methyl sites for hydroxylation is 1. The molecule has 3 aromatic carbocycles. The third kappa shape index (κ3) is 8.06. The summed E-state index contributed by atoms with van der Waals surface area (Å²) >= 11 is 12.9. The lowest BCUT2D eigenvalue weighted by Crippen LogP contribution is -2.52. The van der Waals surface area contributed by atoms with E-state index in [0.29, 0.717) is 27.7 Å². The molecule has 226 valence electrons. The molecule has 0 fully saturated rings. The van der Waals surface area contributed by atoms with Gasteiger partial charge in [0.05, 0.1) is 10.6 Å². The van der Waals surface area contributed by atoms with Crippen LogP contribution in [-0.4, -0.2) is 43.8 Å². The molecule has 2 atom stereocenters. The van der Waals surface area contributed by atoms with Crippen molar-refractivity contribution in [1.29, 1.82) is 0 Å². The minimum absolute atomic E-state index is 0.0529. The summed E-state index contributed by atoms with van der Waals surface area (Å²) in [6.07, 6.45) is 0.706. The first-order valence-electron chi connectivity index (χ1n) is 14.0. The third-order valence-electron chi connectivity index (χ3n) is 7.29. The Labute approximate surface area is 259 Å². The molecule has 0 bridgehead atoms. The number of halogens is 2. The molecule has 0 heterocycles. The van der Waals surface area contributed by atoms with Crippen molar-refractivity contribution in [3.63, 3.8) is 0 Å². The van der Waals surface area contributed by atoms with E-state index in [9.17, 15) is 18.0 Å². The van der Waals surface area contributed by atoms with E-state index >= 15 is 0 Å². The lowest BCUT2D eigenvalue weighted by Gasteiger charge is -2.33. The molecule has 0 aliphatic heterocycles. The molecule has 2 unspecified atom stereocenters. The zero-order valence-corrected chi connectivity index (χ0v) is 27.2. The van der Waals surface area contributed by atoms with Crippen molar-refractivity contribution in [3.8, 4) is 0 Å². The standard InChI is InChI=1S/C32H39Cl2N3O4S/c1-7-23(5)35-32(39)24(6)36(19-28-29(33)9-8-10-30(28)34)31(38)20-37(26-15-13-25(14-16-26)21(2)3)42(40,41)27-17-11-22(4)12-18-27/h8-18,21,23-24H,7,19-20H2,1-6H3,(H,35,39). The Bertz CT molecular complexity index is 1470. The van der Waals surface area contributed by atoms with E-state index in [0.717, 1.165) is 15.4 Å². The molecule has 0 saturated carbocycles. The number of benzene rings is 3. The summed E-state index contributed by atoms with van der Waals surface area (Å²) in [5, 5.41) is 3.58. The summed E-state index contributed by atoms with van der Waals surface area (Å²) in [5.41, 5.74) is 2.73. The van der Waals surface area contributed by atoms with Gasteiger partial charge >= 0.3 is 0 Å². The number of carbonyl (C=O) groups excluding carboxylic acids is 2. The highest BCUT2D eigenvalue weighted by Crippen LogP contribution is 2.29. The fraction of sp³-hybridized carbons (Fsp3) is 0.375. The first-order valence-corrected chi connectivity index (χ1v) is 16.2. The topological polar surface area (TPSA) is 86.8 Å². The van der Waals surface area contributed by atoms with Crippen LogP contribution < -0.4 is 9.62 Å². The molecule has 0 aliphatic carbocycles. The average molecular weight is 633 g/mol. The maximum Gasteiger partial charge on any atom is 0.264 e. The van der Waals surface area contributed by atoms with Gasteiger partial charge in [0.15, 0.2) is 0 Å². The second-order valence-electron chi connectivity index (χ2n) is 10.8. The van der Waals surface area contributed by atoms with Gasteiger partial charge in [0.25, 0.3) is 10.0 Å². The Morgan fingerprint density at radius 1 is 0.881 bits per heavy atom. The van der Waals surface area contributed by atoms with Crippen LogP contribution in [0.3, 0.4) is 0 Å². The van der Waals surface area contributed by atoms with E-state index in [2.05, 4.69) is 5.32 Å². The van der Waals surface area contributed by atoms with Crippen molar-refractivity contribution in [2.24, 2.45) is 0 Å². The van der Waals surface area contributed by atoms with Crippen molar-refractivity contribution in [3.05, 3.63) is 93.5 Å². The van der Waals surface area contributed by atoms with Gasteiger partial charge < -0.3 is 10.2 Å². The van der Waals surface area contributed by atoms with Crippen LogP contribution in [0, 0.1) is 6.92 Å². The molecule has 3 rings (SSSR count). The summed E-state index contributed by atoms with van der Waals surface area (Å²) in [7, 11) is -4.16. The maximum atomic E-state index is 14.1. The molecule has 7 nitrogen and oxygen atoms in total. The first kappa shape index (κ1) is 33.4. The lowest BCUT2D eigenvalue weighted by atomic mass is 10.0. The van der Waals surface area contributed by atoms with Gasteiger partial charge in [-0.05, 0) is 75.1 Å². The highest BCUT2D eigenvalue weighted by molar-refractivity contribution is 7.92. The predicted molar refractivity (Wildman–Crippen MR) is 171 cm³/mol. The van der Waals surface area contributed by atoms with Gasteiger partial charge in [0.1, 0.15) is 12.6 Å². The van der Waals surface area contributed by atoms with Crippen LogP contribution in [0.4, 0.5) is 5.69 Å². The number of hydrogen-bond donors (Lipinski definition) is 1. The zero-order valence-electron chi connectivity index (χ0n) is 24.9. The average Bonchev–Trinajstić information content (AvgIpc) is 2.95. The van der Waals surface area contributed by atoms with Gasteiger partial charge in [0, 0.05) is 28.2 Å². The predicted octanol–water partition coefficient (Wildman–Crippen LogP) is 6.95. The van der Waals surface area contributed by atoms with E-state index in [1.807, 2.05) is 46.8 Å². The number of anilines is 1. The van der Waals surface area contributed by atoms with Crippen LogP contribution >= 0.6 is 23.2 Å². The minimum atomic E-state index is -4.16. The number of nitrogens with zero attached hydrogens (tertiary/aromatic N) is 2. The Hall–Kier alpha value is -3.07. The van der Waals surface area contributed by atoms with E-state index in [-0.39, 0.29) is 29.3 Å². The van der Waals surface area contributed by atoms with Crippen LogP contribution in [0.5, 0.6) is 0 Å². The van der Waals surface area contributed by atoms with Crippen molar-refractivity contribution >= 4 is 50.7 Å². The van der Waals surface area contributed by atoms with Crippen LogP contribution in [0.25, 0.3) is 0 Å². The monoisotopic (exact) mass is 631 g/mol. The summed E-state index contributed by atoms with van der Waals surface area (Å²) in [5.74, 6) is -0.708. The van der Waals surface area contributed by atoms with Crippen LogP contribution in [0.15, 0.2) is 71.6 Å². The molecule has 2 amide bonds. The van der Waals surface area contributed by atoms with Gasteiger partial charge in [-0.2, -0.15) is 0 Å². The van der Waals surface area contributed by atoms with Crippen LogP contribution in [-0.2, 0) is 26.2 Å². The molecule has 0 aromatic heterocycles. The normalized spacial score (nSPS) is 13.0. The van der Waals surface area contributed by atoms with Crippen LogP contribution in [0.1, 0.15) is 63.6 Å². The number of sulfonamides is 1. The van der Waals surface area contributed by atoms with E-state index in [1.54, 1.807) is 49.4 Å². The second kappa shape index (κ2) is 14.4. The van der Waals surface area contributed by atoms with E-state index < -0.39 is 28.5 Å². The quantitative estimate of drug-likeness (QED) is 0.234. The molecule has 1 N–H and O–H groups in total. The Kier molecular flexibility index (Phi) is 11.5. The van der Waals surface area contributed by atoms with Crippen molar-refractivity contribution in [2.45, 2.75) is 77.4 Å². The number of carbonyl (C=O) groups is 2. The van der Waals surface area contributed by atoms with Gasteiger partial charge in [0.2, 0.25) is 11.8 Å². The molecule has 0 aliphatic rings. The van der Waals surface area contributed by atoms with Crippen molar-refractivity contribution < 1.29 is 18.0 Å². The van der Waals surface area contributed by atoms with Crippen LogP contribution in [0.2, 0.25) is 10.0 Å². The number of amides is 2. The SMILES string of the molecule is CCC(C)NC(=O)C(C)N(Cc1c(Cl)cccc1Cl)C(=O)CN(c1ccc(C(C)C)cc1)S(=O)(=O)c1ccc(C)cc1. The van der Waals surface area contributed by atoms with Crippen molar-refractivity contribution in [2.75, 3.05) is 10.8 Å². The number of hydrogen-bond acceptors (Lipinski definition) is 4. The van der Waals surface area contributed by atoms with E-state index in [4.69, 9.17) is 23.2 Å². The highest BCUT2D eigenvalue weighted by atomic mass is 35.5. The van der Waals surface area contributed by atoms with Gasteiger partial charge in [-0.3, -0.25) is 13.9 Å². The highest BCUT2D eigenvalue weighted by Gasteiger charge is 2.33. The second-order valence-corrected chi connectivity index (χ2v) is 13.5. The van der Waals surface area contributed by atoms with E-state index in [1.165, 1.54) is 17.0 Å². The first-order chi connectivity index (χ1) is 19.8. The molecule has 42 heavy (non-hydrogen) atoms. The van der Waals surface area contributed by atoms with Gasteiger partial charge in [-0.15, -0.1) is 0 Å². The third-order valence-corrected chi connectivity index (χ3v) is 9.79. The molecular formula is C32H39Cl2N3O4S. The molecular weight excluding hydrogens is 593 g/mol. The minimum Gasteiger partial charge on any atom is -0.352 e. The number of nitrogens with one attached hydrogen (secondary N) is 1. The summed E-state index contributed by atoms with van der Waals surface area (Å²) in [6, 6.07) is 17.5. The Morgan fingerprint density at radius 3 is 1.98 bits per heavy atom. The fourth-order valence-electron chi connectivity index (χ4n) is 4.29. The molecule has 0 saturated heterocycles. The summed E-state index contributed by atoms with van der Waals surface area (Å²) in [6.45, 7) is 10.8. The van der Waals surface area contributed by atoms with Gasteiger partial charge in [-0.1, -0.05) is 79.9 Å². The largest absolute Gasteiger partial charge is 0.352 e. The summed E-state index contributed by atoms with van der Waals surface area (Å²) in [4.78, 5) is 28.7. The zero-order chi connectivity index (χ0) is 31.2. The molecule has 0 radical (unpaired) electrons.